The third kappa shape index (κ3) is 8.53. The van der Waals surface area contributed by atoms with Crippen LogP contribution in [-0.4, -0.2) is 90.8 Å². The highest BCUT2D eigenvalue weighted by Gasteiger charge is 2.41. The van der Waals surface area contributed by atoms with Gasteiger partial charge in [0, 0.05) is 32.2 Å². The second-order valence-electron chi connectivity index (χ2n) is 10.1. The highest BCUT2D eigenvalue weighted by atomic mass is 127. The molecule has 3 atom stereocenters. The minimum absolute atomic E-state index is 0.0851. The van der Waals surface area contributed by atoms with E-state index in [2.05, 4.69) is 27.9 Å². The molecule has 1 fully saturated rings. The number of benzene rings is 1. The van der Waals surface area contributed by atoms with Crippen LogP contribution in [0.5, 0.6) is 11.5 Å². The van der Waals surface area contributed by atoms with Crippen LogP contribution >= 0.6 is 22.6 Å². The van der Waals surface area contributed by atoms with E-state index in [4.69, 9.17) is 14.2 Å². The topological polar surface area (TPSA) is 138 Å². The van der Waals surface area contributed by atoms with Gasteiger partial charge in [0.2, 0.25) is 11.8 Å². The van der Waals surface area contributed by atoms with Gasteiger partial charge in [-0.25, -0.2) is 0 Å². The average Bonchev–Trinajstić information content (AvgIpc) is 2.95. The molecule has 11 heteroatoms. The zero-order valence-electron chi connectivity index (χ0n) is 22.7. The molecule has 0 radical (unpaired) electrons. The van der Waals surface area contributed by atoms with E-state index in [-0.39, 0.29) is 51.0 Å². The first-order valence-corrected chi connectivity index (χ1v) is 14.6. The van der Waals surface area contributed by atoms with E-state index >= 15 is 0 Å². The van der Waals surface area contributed by atoms with Crippen molar-refractivity contribution >= 4 is 34.4 Å². The number of carbonyl (C=O) groups excluding carboxylic acids is 2. The summed E-state index contributed by atoms with van der Waals surface area (Å²) in [6.45, 7) is 0.460. The Bertz CT molecular complexity index is 998. The molecule has 3 rings (SSSR count). The lowest BCUT2D eigenvalue weighted by Gasteiger charge is -2.42. The van der Waals surface area contributed by atoms with E-state index < -0.39 is 18.2 Å². The van der Waals surface area contributed by atoms with Gasteiger partial charge in [0.25, 0.3) is 0 Å². The fourth-order valence-electron chi connectivity index (χ4n) is 5.30. The molecule has 2 amide bonds. The maximum absolute atomic E-state index is 13.5. The number of aliphatic hydroxyl groups is 3. The van der Waals surface area contributed by atoms with Crippen molar-refractivity contribution in [3.05, 3.63) is 32.9 Å². The molecule has 4 N–H and O–H groups in total. The number of nitrogens with zero attached hydrogens (tertiary/aromatic N) is 1. The number of hydrogen-bond donors (Lipinski definition) is 4. The summed E-state index contributed by atoms with van der Waals surface area (Å²) in [4.78, 5) is 28.2. The molecule has 0 spiro atoms. The van der Waals surface area contributed by atoms with Gasteiger partial charge in [-0.15, -0.1) is 0 Å². The second kappa shape index (κ2) is 15.8. The maximum Gasteiger partial charge on any atom is 0.247 e. The van der Waals surface area contributed by atoms with E-state index in [0.717, 1.165) is 25.7 Å². The Morgan fingerprint density at radius 3 is 2.54 bits per heavy atom. The standard InChI is InChI=1S/C28H41IN2O8/c1-37-11-8-25(34)31(16-18-6-4-3-5-7-18)22-14-20(28(36)30-9-10-32)15-23(26(22)35)39-27-21(29)12-19(17-33)13-24(27)38-2/h12-13,15,18,22-23,26,32-33,35H,3-11,14,16-17H2,1-2H3,(H,30,36). The number of halogens is 1. The van der Waals surface area contributed by atoms with Crippen LogP contribution in [0.15, 0.2) is 23.8 Å². The molecule has 10 nitrogen and oxygen atoms in total. The van der Waals surface area contributed by atoms with Crippen LogP contribution in [-0.2, 0) is 20.9 Å². The predicted octanol–water partition coefficient (Wildman–Crippen LogP) is 2.15. The maximum atomic E-state index is 13.5. The molecule has 1 aromatic carbocycles. The van der Waals surface area contributed by atoms with Crippen LogP contribution < -0.4 is 14.8 Å². The quantitative estimate of drug-likeness (QED) is 0.237. The van der Waals surface area contributed by atoms with Crippen LogP contribution in [0.3, 0.4) is 0 Å². The van der Waals surface area contributed by atoms with Crippen molar-refractivity contribution in [1.29, 1.82) is 0 Å². The summed E-state index contributed by atoms with van der Waals surface area (Å²) in [6, 6.07) is 2.72. The molecular formula is C28H41IN2O8. The van der Waals surface area contributed by atoms with Crippen molar-refractivity contribution in [2.75, 3.05) is 40.5 Å². The van der Waals surface area contributed by atoms with Crippen molar-refractivity contribution < 1.29 is 39.1 Å². The molecular weight excluding hydrogens is 619 g/mol. The van der Waals surface area contributed by atoms with Gasteiger partial charge < -0.3 is 39.7 Å². The van der Waals surface area contributed by atoms with Gasteiger partial charge in [0.15, 0.2) is 11.5 Å². The molecule has 0 heterocycles. The molecule has 1 saturated carbocycles. The van der Waals surface area contributed by atoms with E-state index in [1.807, 2.05) is 0 Å². The summed E-state index contributed by atoms with van der Waals surface area (Å²) in [5.41, 5.74) is 1.02. The van der Waals surface area contributed by atoms with E-state index in [9.17, 15) is 24.9 Å². The Balaban J connectivity index is 1.97. The molecule has 2 aliphatic rings. The minimum Gasteiger partial charge on any atom is -0.493 e. The molecule has 1 aromatic rings. The fourth-order valence-corrected chi connectivity index (χ4v) is 6.09. The van der Waals surface area contributed by atoms with E-state index in [1.165, 1.54) is 13.5 Å². The van der Waals surface area contributed by atoms with Gasteiger partial charge in [0.1, 0.15) is 12.2 Å². The van der Waals surface area contributed by atoms with Crippen molar-refractivity contribution in [2.24, 2.45) is 5.92 Å². The van der Waals surface area contributed by atoms with Crippen LogP contribution in [0.1, 0.15) is 50.5 Å². The average molecular weight is 661 g/mol. The Labute approximate surface area is 243 Å². The molecule has 0 aliphatic heterocycles. The largest absolute Gasteiger partial charge is 0.493 e. The van der Waals surface area contributed by atoms with Crippen LogP contribution in [0, 0.1) is 9.49 Å². The molecule has 218 valence electrons. The van der Waals surface area contributed by atoms with Gasteiger partial charge in [0.05, 0.1) is 43.0 Å². The monoisotopic (exact) mass is 660 g/mol. The lowest BCUT2D eigenvalue weighted by molar-refractivity contribution is -0.140. The number of rotatable bonds is 13. The molecule has 2 aliphatic carbocycles. The van der Waals surface area contributed by atoms with Crippen LogP contribution in [0.2, 0.25) is 0 Å². The predicted molar refractivity (Wildman–Crippen MR) is 153 cm³/mol. The summed E-state index contributed by atoms with van der Waals surface area (Å²) in [7, 11) is 3.03. The molecule has 3 unspecified atom stereocenters. The summed E-state index contributed by atoms with van der Waals surface area (Å²) in [5, 5.41) is 33.1. The summed E-state index contributed by atoms with van der Waals surface area (Å²) >= 11 is 2.08. The highest BCUT2D eigenvalue weighted by molar-refractivity contribution is 14.1. The normalized spacial score (nSPS) is 21.7. The number of amides is 2. The zero-order valence-corrected chi connectivity index (χ0v) is 24.9. The van der Waals surface area contributed by atoms with Gasteiger partial charge in [-0.1, -0.05) is 19.3 Å². The highest BCUT2D eigenvalue weighted by Crippen LogP contribution is 2.37. The Morgan fingerprint density at radius 2 is 1.90 bits per heavy atom. The Morgan fingerprint density at radius 1 is 1.15 bits per heavy atom. The molecule has 0 bridgehead atoms. The van der Waals surface area contributed by atoms with Crippen molar-refractivity contribution in [3.63, 3.8) is 0 Å². The van der Waals surface area contributed by atoms with Crippen molar-refractivity contribution in [3.8, 4) is 11.5 Å². The van der Waals surface area contributed by atoms with Gasteiger partial charge >= 0.3 is 0 Å². The number of hydrogen-bond acceptors (Lipinski definition) is 8. The molecule has 0 saturated heterocycles. The lowest BCUT2D eigenvalue weighted by Crippen LogP contribution is -2.56. The van der Waals surface area contributed by atoms with E-state index in [1.54, 1.807) is 30.2 Å². The Hall–Kier alpha value is -1.93. The minimum atomic E-state index is -1.12. The van der Waals surface area contributed by atoms with Crippen LogP contribution in [0.25, 0.3) is 0 Å². The summed E-state index contributed by atoms with van der Waals surface area (Å²) < 4.78 is 17.6. The third-order valence-corrected chi connectivity index (χ3v) is 8.16. The first-order valence-electron chi connectivity index (χ1n) is 13.5. The number of nitrogens with one attached hydrogen (secondary N) is 1. The molecule has 39 heavy (non-hydrogen) atoms. The van der Waals surface area contributed by atoms with Gasteiger partial charge in [-0.3, -0.25) is 9.59 Å². The first-order chi connectivity index (χ1) is 18.8. The van der Waals surface area contributed by atoms with E-state index in [0.29, 0.717) is 38.7 Å². The fraction of sp³-hybridized carbons (Fsp3) is 0.643. The third-order valence-electron chi connectivity index (χ3n) is 7.36. The number of aliphatic hydroxyl groups excluding tert-OH is 3. The van der Waals surface area contributed by atoms with Crippen LogP contribution in [0.4, 0.5) is 0 Å². The van der Waals surface area contributed by atoms with Crippen molar-refractivity contribution in [2.45, 2.75) is 69.8 Å². The Kier molecular flexibility index (Phi) is 12.8. The second-order valence-corrected chi connectivity index (χ2v) is 11.2. The van der Waals surface area contributed by atoms with Crippen molar-refractivity contribution in [1.82, 2.24) is 10.2 Å². The smallest absolute Gasteiger partial charge is 0.247 e. The number of ether oxygens (including phenoxy) is 3. The first kappa shape index (κ1) is 31.6. The number of carbonyl (C=O) groups is 2. The number of methoxy groups -OCH3 is 2. The van der Waals surface area contributed by atoms with Gasteiger partial charge in [-0.05, 0) is 65.1 Å². The SMILES string of the molecule is COCCC(=O)N(CC1CCCCC1)C1CC(C(=O)NCCO)=CC(Oc2c(I)cc(CO)cc2OC)C1O. The zero-order chi connectivity index (χ0) is 28.4. The summed E-state index contributed by atoms with van der Waals surface area (Å²) in [6.07, 6.45) is 5.28. The lowest BCUT2D eigenvalue weighted by atomic mass is 9.85. The van der Waals surface area contributed by atoms with Gasteiger partial charge in [-0.2, -0.15) is 0 Å². The molecule has 0 aromatic heterocycles. The summed E-state index contributed by atoms with van der Waals surface area (Å²) in [5.74, 6) is 0.558.